The third kappa shape index (κ3) is 3.26. The number of hydrogen-bond acceptors (Lipinski definition) is 4. The van der Waals surface area contributed by atoms with Crippen molar-refractivity contribution in [3.05, 3.63) is 71.1 Å². The zero-order valence-electron chi connectivity index (χ0n) is 13.2. The molecule has 0 bridgehead atoms. The average molecular weight is 340 g/mol. The Morgan fingerprint density at radius 1 is 1.17 bits per heavy atom. The molecule has 0 radical (unpaired) electrons. The summed E-state index contributed by atoms with van der Waals surface area (Å²) >= 11 is 6.27. The number of benzene rings is 1. The number of morpholine rings is 1. The van der Waals surface area contributed by atoms with Crippen LogP contribution in [-0.4, -0.2) is 34.6 Å². The molecule has 0 saturated carbocycles. The van der Waals surface area contributed by atoms with Crippen molar-refractivity contribution < 1.29 is 4.74 Å². The van der Waals surface area contributed by atoms with Gasteiger partial charge in [0.1, 0.15) is 0 Å². The monoisotopic (exact) mass is 339 g/mol. The van der Waals surface area contributed by atoms with E-state index in [0.29, 0.717) is 11.6 Å². The van der Waals surface area contributed by atoms with E-state index in [1.54, 1.807) is 6.20 Å². The zero-order chi connectivity index (χ0) is 16.4. The van der Waals surface area contributed by atoms with E-state index in [0.717, 1.165) is 41.8 Å². The van der Waals surface area contributed by atoms with Crippen molar-refractivity contribution in [1.29, 1.82) is 0 Å². The average Bonchev–Trinajstić information content (AvgIpc) is 2.63. The summed E-state index contributed by atoms with van der Waals surface area (Å²) in [7, 11) is 0. The molecule has 5 heteroatoms. The molecule has 1 unspecified atom stereocenters. The van der Waals surface area contributed by atoms with Gasteiger partial charge in [0.15, 0.2) is 0 Å². The highest BCUT2D eigenvalue weighted by atomic mass is 35.5. The molecule has 0 spiro atoms. The van der Waals surface area contributed by atoms with Crippen molar-refractivity contribution in [3.63, 3.8) is 0 Å². The maximum absolute atomic E-state index is 6.27. The van der Waals surface area contributed by atoms with Crippen LogP contribution < -0.4 is 0 Å². The molecule has 0 N–H and O–H groups in total. The van der Waals surface area contributed by atoms with Crippen LogP contribution in [0.3, 0.4) is 0 Å². The van der Waals surface area contributed by atoms with Crippen LogP contribution in [0.1, 0.15) is 17.4 Å². The van der Waals surface area contributed by atoms with Gasteiger partial charge < -0.3 is 4.74 Å². The highest BCUT2D eigenvalue weighted by Crippen LogP contribution is 2.24. The lowest BCUT2D eigenvalue weighted by atomic mass is 10.1. The maximum atomic E-state index is 6.27. The molecule has 4 rings (SSSR count). The van der Waals surface area contributed by atoms with Gasteiger partial charge in [-0.05, 0) is 18.2 Å². The van der Waals surface area contributed by atoms with Gasteiger partial charge in [0.2, 0.25) is 0 Å². The van der Waals surface area contributed by atoms with Crippen LogP contribution in [0, 0.1) is 0 Å². The summed E-state index contributed by atoms with van der Waals surface area (Å²) in [6, 6.07) is 14.0. The molecule has 4 nitrogen and oxygen atoms in total. The summed E-state index contributed by atoms with van der Waals surface area (Å²) < 4.78 is 5.90. The van der Waals surface area contributed by atoms with Crippen molar-refractivity contribution in [3.8, 4) is 0 Å². The minimum absolute atomic E-state index is 0.0662. The maximum Gasteiger partial charge on any atom is 0.0967 e. The number of halogens is 1. The lowest BCUT2D eigenvalue weighted by molar-refractivity contribution is -0.0334. The smallest absolute Gasteiger partial charge is 0.0967 e. The van der Waals surface area contributed by atoms with Crippen LogP contribution in [0.25, 0.3) is 10.9 Å². The number of hydrogen-bond donors (Lipinski definition) is 0. The Balaban J connectivity index is 1.51. The summed E-state index contributed by atoms with van der Waals surface area (Å²) in [6.45, 7) is 3.25. The quantitative estimate of drug-likeness (QED) is 0.726. The minimum Gasteiger partial charge on any atom is -0.371 e. The van der Waals surface area contributed by atoms with E-state index in [2.05, 4.69) is 28.1 Å². The molecule has 0 aliphatic carbocycles. The minimum atomic E-state index is 0.0662. The van der Waals surface area contributed by atoms with Crippen LogP contribution in [0.2, 0.25) is 5.02 Å². The number of ether oxygens (including phenoxy) is 1. The van der Waals surface area contributed by atoms with Gasteiger partial charge in [-0.1, -0.05) is 35.9 Å². The van der Waals surface area contributed by atoms with Gasteiger partial charge in [0.25, 0.3) is 0 Å². The van der Waals surface area contributed by atoms with Gasteiger partial charge in [-0.25, -0.2) is 4.98 Å². The topological polar surface area (TPSA) is 38.2 Å². The molecule has 1 aliphatic heterocycles. The summed E-state index contributed by atoms with van der Waals surface area (Å²) in [6.07, 6.45) is 3.73. The normalized spacial score (nSPS) is 18.8. The second kappa shape index (κ2) is 6.85. The first-order valence-corrected chi connectivity index (χ1v) is 8.45. The first-order chi connectivity index (χ1) is 11.8. The largest absolute Gasteiger partial charge is 0.371 e. The van der Waals surface area contributed by atoms with Gasteiger partial charge in [0, 0.05) is 43.0 Å². The summed E-state index contributed by atoms with van der Waals surface area (Å²) in [4.78, 5) is 11.3. The number of nitrogens with zero attached hydrogens (tertiary/aromatic N) is 3. The molecule has 1 aliphatic rings. The number of fused-ring (bicyclic) bond motifs is 1. The molecule has 1 fully saturated rings. The lowest BCUT2D eigenvalue weighted by Crippen LogP contribution is -2.38. The highest BCUT2D eigenvalue weighted by Gasteiger charge is 2.22. The van der Waals surface area contributed by atoms with E-state index in [4.69, 9.17) is 21.3 Å². The number of rotatable bonds is 3. The highest BCUT2D eigenvalue weighted by molar-refractivity contribution is 6.35. The van der Waals surface area contributed by atoms with E-state index in [1.165, 1.54) is 0 Å². The first-order valence-electron chi connectivity index (χ1n) is 8.07. The predicted molar refractivity (Wildman–Crippen MR) is 95.0 cm³/mol. The van der Waals surface area contributed by atoms with E-state index in [-0.39, 0.29) is 6.10 Å². The van der Waals surface area contributed by atoms with Crippen molar-refractivity contribution in [2.45, 2.75) is 12.6 Å². The zero-order valence-corrected chi connectivity index (χ0v) is 14.0. The number of pyridine rings is 2. The fourth-order valence-electron chi connectivity index (χ4n) is 3.08. The van der Waals surface area contributed by atoms with E-state index in [9.17, 15) is 0 Å². The van der Waals surface area contributed by atoms with Crippen LogP contribution >= 0.6 is 11.6 Å². The number of para-hydroxylation sites is 1. The Morgan fingerprint density at radius 2 is 2.12 bits per heavy atom. The van der Waals surface area contributed by atoms with Crippen molar-refractivity contribution in [1.82, 2.24) is 14.9 Å². The second-order valence-corrected chi connectivity index (χ2v) is 6.40. The Hall–Kier alpha value is -2.01. The predicted octanol–water partition coefficient (Wildman–Crippen LogP) is 3.86. The molecule has 3 heterocycles. The Labute approximate surface area is 146 Å². The summed E-state index contributed by atoms with van der Waals surface area (Å²) in [5.74, 6) is 0. The second-order valence-electron chi connectivity index (χ2n) is 6.00. The molecule has 0 amide bonds. The van der Waals surface area contributed by atoms with Crippen molar-refractivity contribution in [2.75, 3.05) is 19.7 Å². The van der Waals surface area contributed by atoms with Gasteiger partial charge in [-0.2, -0.15) is 0 Å². The molecule has 122 valence electrons. The van der Waals surface area contributed by atoms with Crippen molar-refractivity contribution >= 4 is 22.5 Å². The molecule has 3 aromatic rings. The molecule has 1 atom stereocenters. The lowest BCUT2D eigenvalue weighted by Gasteiger charge is -2.32. The first kappa shape index (κ1) is 15.5. The SMILES string of the molecule is Clc1cccc2ccc(CN3CCOC(c4cccnc4)C3)nc12. The molecule has 1 saturated heterocycles. The standard InChI is InChI=1S/C19H18ClN3O/c20-17-5-1-3-14-6-7-16(22-19(14)17)12-23-9-10-24-18(13-23)15-4-2-8-21-11-15/h1-8,11,18H,9-10,12-13H2. The number of aromatic nitrogens is 2. The van der Waals surface area contributed by atoms with E-state index in [1.807, 2.05) is 30.5 Å². The molecule has 1 aromatic carbocycles. The van der Waals surface area contributed by atoms with Crippen LogP contribution in [0.5, 0.6) is 0 Å². The summed E-state index contributed by atoms with van der Waals surface area (Å²) in [5.41, 5.74) is 3.02. The molecule has 2 aromatic heterocycles. The van der Waals surface area contributed by atoms with Gasteiger partial charge >= 0.3 is 0 Å². The van der Waals surface area contributed by atoms with E-state index < -0.39 is 0 Å². The third-order valence-electron chi connectivity index (χ3n) is 4.32. The fourth-order valence-corrected chi connectivity index (χ4v) is 3.31. The summed E-state index contributed by atoms with van der Waals surface area (Å²) in [5, 5.41) is 1.77. The van der Waals surface area contributed by atoms with Gasteiger partial charge in [-0.3, -0.25) is 9.88 Å². The third-order valence-corrected chi connectivity index (χ3v) is 4.63. The van der Waals surface area contributed by atoms with Gasteiger partial charge in [0.05, 0.1) is 28.9 Å². The van der Waals surface area contributed by atoms with Crippen molar-refractivity contribution in [2.24, 2.45) is 0 Å². The van der Waals surface area contributed by atoms with Gasteiger partial charge in [-0.15, -0.1) is 0 Å². The van der Waals surface area contributed by atoms with Crippen LogP contribution in [-0.2, 0) is 11.3 Å². The van der Waals surface area contributed by atoms with E-state index >= 15 is 0 Å². The molecule has 24 heavy (non-hydrogen) atoms. The molecular weight excluding hydrogens is 322 g/mol. The fraction of sp³-hybridized carbons (Fsp3) is 0.263. The van der Waals surface area contributed by atoms with Crippen LogP contribution in [0.15, 0.2) is 54.9 Å². The Bertz CT molecular complexity index is 840. The Kier molecular flexibility index (Phi) is 4.43. The van der Waals surface area contributed by atoms with Crippen LogP contribution in [0.4, 0.5) is 0 Å². The Morgan fingerprint density at radius 3 is 3.00 bits per heavy atom. The molecular formula is C19H18ClN3O.